The average molecular weight is 277 g/mol. The molecule has 1 saturated heterocycles. The molecule has 2 heterocycles. The molecule has 1 fully saturated rings. The second-order valence-electron chi connectivity index (χ2n) is 5.17. The van der Waals surface area contributed by atoms with Crippen molar-refractivity contribution in [2.45, 2.75) is 19.3 Å². The molecule has 1 aromatic carbocycles. The van der Waals surface area contributed by atoms with Crippen LogP contribution < -0.4 is 0 Å². The van der Waals surface area contributed by atoms with Crippen molar-refractivity contribution in [2.75, 3.05) is 13.1 Å². The smallest absolute Gasteiger partial charge is 0.256 e. The summed E-state index contributed by atoms with van der Waals surface area (Å²) in [6, 6.07) is 5.71. The fraction of sp³-hybridized carbons (Fsp3) is 0.400. The van der Waals surface area contributed by atoms with Crippen LogP contribution in [0.5, 0.6) is 0 Å². The van der Waals surface area contributed by atoms with E-state index in [1.54, 1.807) is 0 Å². The number of hydrogen-bond acceptors (Lipinski definition) is 1. The summed E-state index contributed by atoms with van der Waals surface area (Å²) >= 11 is 6.06. The lowest BCUT2D eigenvalue weighted by molar-refractivity contribution is 0.0726. The zero-order valence-electron chi connectivity index (χ0n) is 11.0. The molecule has 0 aliphatic carbocycles. The summed E-state index contributed by atoms with van der Waals surface area (Å²) in [5, 5.41) is 1.62. The van der Waals surface area contributed by atoms with Crippen LogP contribution in [-0.2, 0) is 7.05 Å². The van der Waals surface area contributed by atoms with E-state index < -0.39 is 0 Å². The van der Waals surface area contributed by atoms with Crippen LogP contribution in [0.15, 0.2) is 24.4 Å². The lowest BCUT2D eigenvalue weighted by Crippen LogP contribution is -2.35. The Morgan fingerprint density at radius 1 is 1.21 bits per heavy atom. The number of likely N-dealkylation sites (tertiary alicyclic amines) is 1. The minimum Gasteiger partial charge on any atom is -0.350 e. The first-order valence-electron chi connectivity index (χ1n) is 6.70. The number of carbonyl (C=O) groups excluding carboxylic acids is 1. The predicted octanol–water partition coefficient (Wildman–Crippen LogP) is 3.46. The molecule has 3 nitrogen and oxygen atoms in total. The number of piperidine rings is 1. The molecule has 1 aromatic heterocycles. The summed E-state index contributed by atoms with van der Waals surface area (Å²) in [6.07, 6.45) is 5.36. The van der Waals surface area contributed by atoms with Gasteiger partial charge in [0, 0.05) is 42.3 Å². The second kappa shape index (κ2) is 4.89. The van der Waals surface area contributed by atoms with E-state index in [1.807, 2.05) is 40.9 Å². The van der Waals surface area contributed by atoms with Crippen molar-refractivity contribution in [3.63, 3.8) is 0 Å². The van der Waals surface area contributed by atoms with Gasteiger partial charge in [-0.1, -0.05) is 11.6 Å². The highest BCUT2D eigenvalue weighted by Gasteiger charge is 2.21. The normalized spacial score (nSPS) is 16.0. The Morgan fingerprint density at radius 3 is 2.68 bits per heavy atom. The molecular formula is C15H17ClN2O. The SMILES string of the molecule is Cn1cc(C(=O)N2CCCCC2)c2cc(Cl)ccc21. The van der Waals surface area contributed by atoms with Crippen molar-refractivity contribution >= 4 is 28.4 Å². The molecule has 0 saturated carbocycles. The van der Waals surface area contributed by atoms with E-state index >= 15 is 0 Å². The lowest BCUT2D eigenvalue weighted by Gasteiger charge is -2.26. The Kier molecular flexibility index (Phi) is 3.23. The molecule has 0 N–H and O–H groups in total. The molecule has 3 rings (SSSR count). The van der Waals surface area contributed by atoms with Crippen LogP contribution >= 0.6 is 11.6 Å². The van der Waals surface area contributed by atoms with Crippen molar-refractivity contribution in [3.05, 3.63) is 35.0 Å². The fourth-order valence-corrected chi connectivity index (χ4v) is 2.97. The molecule has 19 heavy (non-hydrogen) atoms. The van der Waals surface area contributed by atoms with Gasteiger partial charge in [0.05, 0.1) is 5.56 Å². The molecule has 0 atom stereocenters. The number of amides is 1. The molecular weight excluding hydrogens is 260 g/mol. The van der Waals surface area contributed by atoms with Crippen molar-refractivity contribution in [3.8, 4) is 0 Å². The van der Waals surface area contributed by atoms with Gasteiger partial charge >= 0.3 is 0 Å². The first-order valence-corrected chi connectivity index (χ1v) is 7.08. The average Bonchev–Trinajstić information content (AvgIpc) is 2.75. The molecule has 0 unspecified atom stereocenters. The summed E-state index contributed by atoms with van der Waals surface area (Å²) in [5.41, 5.74) is 1.81. The third kappa shape index (κ3) is 2.23. The van der Waals surface area contributed by atoms with Crippen LogP contribution in [0.4, 0.5) is 0 Å². The fourth-order valence-electron chi connectivity index (χ4n) is 2.80. The molecule has 0 spiro atoms. The number of benzene rings is 1. The summed E-state index contributed by atoms with van der Waals surface area (Å²) in [6.45, 7) is 1.74. The maximum Gasteiger partial charge on any atom is 0.256 e. The van der Waals surface area contributed by atoms with Crippen LogP contribution in [0.2, 0.25) is 5.02 Å². The highest BCUT2D eigenvalue weighted by molar-refractivity contribution is 6.31. The van der Waals surface area contributed by atoms with Gasteiger partial charge in [-0.3, -0.25) is 4.79 Å². The van der Waals surface area contributed by atoms with Crippen LogP contribution in [-0.4, -0.2) is 28.5 Å². The van der Waals surface area contributed by atoms with Gasteiger partial charge in [-0.2, -0.15) is 0 Å². The van der Waals surface area contributed by atoms with Crippen LogP contribution in [0.1, 0.15) is 29.6 Å². The van der Waals surface area contributed by atoms with Gasteiger partial charge in [-0.15, -0.1) is 0 Å². The van der Waals surface area contributed by atoms with Gasteiger partial charge in [-0.25, -0.2) is 0 Å². The van der Waals surface area contributed by atoms with Crippen molar-refractivity contribution in [1.82, 2.24) is 9.47 Å². The Morgan fingerprint density at radius 2 is 1.95 bits per heavy atom. The largest absolute Gasteiger partial charge is 0.350 e. The van der Waals surface area contributed by atoms with Crippen molar-refractivity contribution < 1.29 is 4.79 Å². The number of nitrogens with zero attached hydrogens (tertiary/aromatic N) is 2. The summed E-state index contributed by atoms with van der Waals surface area (Å²) in [7, 11) is 1.96. The molecule has 2 aromatic rings. The van der Waals surface area contributed by atoms with Crippen LogP contribution in [0.25, 0.3) is 10.9 Å². The van der Waals surface area contributed by atoms with E-state index in [0.717, 1.165) is 42.4 Å². The zero-order chi connectivity index (χ0) is 13.4. The maximum absolute atomic E-state index is 12.6. The standard InChI is InChI=1S/C15H17ClN2O/c1-17-10-13(12-9-11(16)5-6-14(12)17)15(19)18-7-3-2-4-8-18/h5-6,9-10H,2-4,7-8H2,1H3. The molecule has 100 valence electrons. The van der Waals surface area contributed by atoms with Gasteiger partial charge in [0.2, 0.25) is 0 Å². The topological polar surface area (TPSA) is 25.2 Å². The predicted molar refractivity (Wildman–Crippen MR) is 77.7 cm³/mol. The van der Waals surface area contributed by atoms with E-state index in [4.69, 9.17) is 11.6 Å². The lowest BCUT2D eigenvalue weighted by atomic mass is 10.1. The number of carbonyl (C=O) groups is 1. The quantitative estimate of drug-likeness (QED) is 0.783. The minimum atomic E-state index is 0.132. The molecule has 0 radical (unpaired) electrons. The van der Waals surface area contributed by atoms with Gasteiger partial charge in [0.15, 0.2) is 0 Å². The van der Waals surface area contributed by atoms with E-state index in [-0.39, 0.29) is 5.91 Å². The molecule has 1 aliphatic rings. The van der Waals surface area contributed by atoms with Gasteiger partial charge in [0.1, 0.15) is 0 Å². The third-order valence-electron chi connectivity index (χ3n) is 3.83. The number of aromatic nitrogens is 1. The van der Waals surface area contributed by atoms with Gasteiger partial charge in [-0.05, 0) is 37.5 Å². The Balaban J connectivity index is 2.04. The number of halogens is 1. The highest BCUT2D eigenvalue weighted by Crippen LogP contribution is 2.26. The monoisotopic (exact) mass is 276 g/mol. The number of hydrogen-bond donors (Lipinski definition) is 0. The third-order valence-corrected chi connectivity index (χ3v) is 4.06. The second-order valence-corrected chi connectivity index (χ2v) is 5.60. The van der Waals surface area contributed by atoms with Crippen molar-refractivity contribution in [1.29, 1.82) is 0 Å². The number of fused-ring (bicyclic) bond motifs is 1. The zero-order valence-corrected chi connectivity index (χ0v) is 11.8. The molecule has 1 aliphatic heterocycles. The van der Waals surface area contributed by atoms with Crippen LogP contribution in [0, 0.1) is 0 Å². The van der Waals surface area contributed by atoms with E-state index in [9.17, 15) is 4.79 Å². The van der Waals surface area contributed by atoms with Crippen LogP contribution in [0.3, 0.4) is 0 Å². The molecule has 1 amide bonds. The maximum atomic E-state index is 12.6. The number of aryl methyl sites for hydroxylation is 1. The Labute approximate surface area is 117 Å². The summed E-state index contributed by atoms with van der Waals surface area (Å²) < 4.78 is 1.99. The summed E-state index contributed by atoms with van der Waals surface area (Å²) in [4.78, 5) is 14.6. The van der Waals surface area contributed by atoms with E-state index in [1.165, 1.54) is 6.42 Å². The van der Waals surface area contributed by atoms with Gasteiger partial charge in [0.25, 0.3) is 5.91 Å². The van der Waals surface area contributed by atoms with Crippen molar-refractivity contribution in [2.24, 2.45) is 7.05 Å². The number of rotatable bonds is 1. The van der Waals surface area contributed by atoms with E-state index in [2.05, 4.69) is 0 Å². The van der Waals surface area contributed by atoms with Gasteiger partial charge < -0.3 is 9.47 Å². The Bertz CT molecular complexity index is 626. The molecule has 4 heteroatoms. The summed E-state index contributed by atoms with van der Waals surface area (Å²) in [5.74, 6) is 0.132. The molecule has 0 bridgehead atoms. The first-order chi connectivity index (χ1) is 9.16. The Hall–Kier alpha value is -1.48. The first kappa shape index (κ1) is 12.5. The van der Waals surface area contributed by atoms with E-state index in [0.29, 0.717) is 5.02 Å². The minimum absolute atomic E-state index is 0.132. The highest BCUT2D eigenvalue weighted by atomic mass is 35.5.